The number of thioether (sulfide) groups is 1. The second kappa shape index (κ2) is 7.95. The maximum absolute atomic E-state index is 12.4. The summed E-state index contributed by atoms with van der Waals surface area (Å²) in [5.41, 5.74) is 2.02. The number of benzene rings is 2. The Labute approximate surface area is 159 Å². The van der Waals surface area contributed by atoms with Gasteiger partial charge >= 0.3 is 0 Å². The molecule has 1 heterocycles. The van der Waals surface area contributed by atoms with Crippen LogP contribution in [0.2, 0.25) is 10.0 Å². The molecule has 2 amide bonds. The summed E-state index contributed by atoms with van der Waals surface area (Å²) in [6, 6.07) is 14.3. The number of rotatable bonds is 4. The summed E-state index contributed by atoms with van der Waals surface area (Å²) in [6.07, 6.45) is 0. The fourth-order valence-corrected chi connectivity index (χ4v) is 3.54. The fourth-order valence-electron chi connectivity index (χ4n) is 2.40. The van der Waals surface area contributed by atoms with Crippen LogP contribution in [0.3, 0.4) is 0 Å². The molecule has 3 rings (SSSR count). The van der Waals surface area contributed by atoms with E-state index in [1.807, 2.05) is 35.7 Å². The van der Waals surface area contributed by atoms with Crippen molar-refractivity contribution in [3.05, 3.63) is 69.5 Å². The first-order valence-electron chi connectivity index (χ1n) is 7.47. The molecule has 0 spiro atoms. The predicted molar refractivity (Wildman–Crippen MR) is 104 cm³/mol. The molecule has 7 heteroatoms. The molecule has 0 atom stereocenters. The molecule has 25 heavy (non-hydrogen) atoms. The molecular formula is C18H14Cl2N2O2S. The lowest BCUT2D eigenvalue weighted by molar-refractivity contribution is -0.129. The van der Waals surface area contributed by atoms with E-state index >= 15 is 0 Å². The smallest absolute Gasteiger partial charge is 0.244 e. The van der Waals surface area contributed by atoms with Gasteiger partial charge in [0.25, 0.3) is 0 Å². The highest BCUT2D eigenvalue weighted by Crippen LogP contribution is 2.29. The molecule has 0 bridgehead atoms. The standard InChI is InChI=1S/C18H14Cl2N2O2S/c19-13-6-7-14(20)15(8-13)21-17(23)9-22-16(10-25-11-18(22)24)12-4-2-1-3-5-12/h1-8,10H,9,11H2,(H,21,23). The Kier molecular flexibility index (Phi) is 5.68. The highest BCUT2D eigenvalue weighted by molar-refractivity contribution is 8.03. The lowest BCUT2D eigenvalue weighted by Crippen LogP contribution is -2.39. The van der Waals surface area contributed by atoms with Crippen LogP contribution in [0, 0.1) is 0 Å². The summed E-state index contributed by atoms with van der Waals surface area (Å²) in [4.78, 5) is 26.2. The van der Waals surface area contributed by atoms with Crippen molar-refractivity contribution in [2.24, 2.45) is 0 Å². The number of hydrogen-bond acceptors (Lipinski definition) is 3. The Bertz CT molecular complexity index is 840. The third kappa shape index (κ3) is 4.37. The molecule has 0 radical (unpaired) electrons. The summed E-state index contributed by atoms with van der Waals surface area (Å²) in [5, 5.41) is 5.46. The molecule has 2 aromatic rings. The van der Waals surface area contributed by atoms with E-state index in [0.717, 1.165) is 5.56 Å². The van der Waals surface area contributed by atoms with E-state index in [1.54, 1.807) is 18.2 Å². The quantitative estimate of drug-likeness (QED) is 0.832. The van der Waals surface area contributed by atoms with Crippen LogP contribution in [0.5, 0.6) is 0 Å². The number of carbonyl (C=O) groups is 2. The normalized spacial score (nSPS) is 14.2. The first-order chi connectivity index (χ1) is 12.0. The highest BCUT2D eigenvalue weighted by Gasteiger charge is 2.25. The molecule has 0 fully saturated rings. The largest absolute Gasteiger partial charge is 0.323 e. The number of amides is 2. The van der Waals surface area contributed by atoms with Gasteiger partial charge in [0.05, 0.1) is 22.2 Å². The Balaban J connectivity index is 1.78. The van der Waals surface area contributed by atoms with Crippen molar-refractivity contribution >= 4 is 58.2 Å². The van der Waals surface area contributed by atoms with Crippen LogP contribution in [-0.2, 0) is 9.59 Å². The first kappa shape index (κ1) is 17.9. The zero-order chi connectivity index (χ0) is 17.8. The van der Waals surface area contributed by atoms with Crippen molar-refractivity contribution in [1.29, 1.82) is 0 Å². The SMILES string of the molecule is O=C(CN1C(=O)CSC=C1c1ccccc1)Nc1cc(Cl)ccc1Cl. The van der Waals surface area contributed by atoms with Gasteiger partial charge in [-0.2, -0.15) is 0 Å². The molecule has 128 valence electrons. The van der Waals surface area contributed by atoms with Crippen LogP contribution in [0.1, 0.15) is 5.56 Å². The second-order valence-corrected chi connectivity index (χ2v) is 7.03. The molecule has 4 nitrogen and oxygen atoms in total. The lowest BCUT2D eigenvalue weighted by Gasteiger charge is -2.28. The number of nitrogens with one attached hydrogen (secondary N) is 1. The number of hydrogen-bond donors (Lipinski definition) is 1. The van der Waals surface area contributed by atoms with E-state index < -0.39 is 0 Å². The van der Waals surface area contributed by atoms with Crippen molar-refractivity contribution in [2.75, 3.05) is 17.6 Å². The van der Waals surface area contributed by atoms with Crippen LogP contribution in [0.15, 0.2) is 53.9 Å². The summed E-state index contributed by atoms with van der Waals surface area (Å²) in [6.45, 7) is -0.0943. The van der Waals surface area contributed by atoms with Crippen LogP contribution >= 0.6 is 35.0 Å². The van der Waals surface area contributed by atoms with Crippen molar-refractivity contribution in [1.82, 2.24) is 4.90 Å². The Morgan fingerprint density at radius 1 is 1.16 bits per heavy atom. The average Bonchev–Trinajstić information content (AvgIpc) is 2.60. The van der Waals surface area contributed by atoms with Gasteiger partial charge in [0.1, 0.15) is 6.54 Å². The van der Waals surface area contributed by atoms with E-state index in [1.165, 1.54) is 16.7 Å². The summed E-state index contributed by atoms with van der Waals surface area (Å²) < 4.78 is 0. The van der Waals surface area contributed by atoms with E-state index in [-0.39, 0.29) is 18.4 Å². The molecule has 0 unspecified atom stereocenters. The molecule has 1 aliphatic heterocycles. The summed E-state index contributed by atoms with van der Waals surface area (Å²) >= 11 is 13.4. The van der Waals surface area contributed by atoms with Gasteiger partial charge in [-0.15, -0.1) is 11.8 Å². The molecule has 1 N–H and O–H groups in total. The maximum Gasteiger partial charge on any atom is 0.244 e. The van der Waals surface area contributed by atoms with Gasteiger partial charge in [0.15, 0.2) is 0 Å². The minimum atomic E-state index is -0.341. The van der Waals surface area contributed by atoms with Crippen LogP contribution in [0.4, 0.5) is 5.69 Å². The van der Waals surface area contributed by atoms with Gasteiger partial charge in [0, 0.05) is 5.02 Å². The molecular weight excluding hydrogens is 379 g/mol. The topological polar surface area (TPSA) is 49.4 Å². The van der Waals surface area contributed by atoms with Gasteiger partial charge < -0.3 is 10.2 Å². The monoisotopic (exact) mass is 392 g/mol. The van der Waals surface area contributed by atoms with E-state index in [4.69, 9.17) is 23.2 Å². The van der Waals surface area contributed by atoms with Gasteiger partial charge in [-0.05, 0) is 29.2 Å². The van der Waals surface area contributed by atoms with E-state index in [9.17, 15) is 9.59 Å². The van der Waals surface area contributed by atoms with E-state index in [2.05, 4.69) is 5.32 Å². The van der Waals surface area contributed by atoms with Crippen molar-refractivity contribution < 1.29 is 9.59 Å². The summed E-state index contributed by atoms with van der Waals surface area (Å²) in [7, 11) is 0. The zero-order valence-electron chi connectivity index (χ0n) is 13.0. The number of carbonyl (C=O) groups excluding carboxylic acids is 2. The Hall–Kier alpha value is -1.95. The molecule has 0 saturated carbocycles. The third-order valence-electron chi connectivity index (χ3n) is 3.57. The molecule has 0 aromatic heterocycles. The van der Waals surface area contributed by atoms with Crippen molar-refractivity contribution in [3.63, 3.8) is 0 Å². The summed E-state index contributed by atoms with van der Waals surface area (Å²) in [5.74, 6) is -0.147. The third-order valence-corrected chi connectivity index (χ3v) is 4.94. The molecule has 0 saturated heterocycles. The van der Waals surface area contributed by atoms with Crippen LogP contribution < -0.4 is 5.32 Å². The lowest BCUT2D eigenvalue weighted by atomic mass is 10.1. The Morgan fingerprint density at radius 3 is 2.68 bits per heavy atom. The number of halogens is 2. The van der Waals surface area contributed by atoms with E-state index in [0.29, 0.717) is 27.2 Å². The zero-order valence-corrected chi connectivity index (χ0v) is 15.4. The van der Waals surface area contributed by atoms with Crippen molar-refractivity contribution in [2.45, 2.75) is 0 Å². The minimum absolute atomic E-state index is 0.0943. The van der Waals surface area contributed by atoms with Crippen LogP contribution in [0.25, 0.3) is 5.70 Å². The highest BCUT2D eigenvalue weighted by atomic mass is 35.5. The van der Waals surface area contributed by atoms with Gasteiger partial charge in [0.2, 0.25) is 11.8 Å². The maximum atomic E-state index is 12.4. The second-order valence-electron chi connectivity index (χ2n) is 5.33. The van der Waals surface area contributed by atoms with Crippen molar-refractivity contribution in [3.8, 4) is 0 Å². The molecule has 2 aromatic carbocycles. The average molecular weight is 393 g/mol. The number of nitrogens with zero attached hydrogens (tertiary/aromatic N) is 1. The molecule has 0 aliphatic carbocycles. The van der Waals surface area contributed by atoms with Gasteiger partial charge in [-0.3, -0.25) is 9.59 Å². The van der Waals surface area contributed by atoms with Gasteiger partial charge in [-0.1, -0.05) is 53.5 Å². The Morgan fingerprint density at radius 2 is 1.92 bits per heavy atom. The first-order valence-corrected chi connectivity index (χ1v) is 9.27. The number of anilines is 1. The van der Waals surface area contributed by atoms with Gasteiger partial charge in [-0.25, -0.2) is 0 Å². The fraction of sp³-hybridized carbons (Fsp3) is 0.111. The molecule has 1 aliphatic rings. The predicted octanol–water partition coefficient (Wildman–Crippen LogP) is 4.51. The minimum Gasteiger partial charge on any atom is -0.323 e. The van der Waals surface area contributed by atoms with Crippen LogP contribution in [-0.4, -0.2) is 29.0 Å².